The molecule has 1 aromatic carbocycles. The van der Waals surface area contributed by atoms with Crippen LogP contribution in [0.4, 0.5) is 4.39 Å². The lowest BCUT2D eigenvalue weighted by molar-refractivity contribution is -0.113. The molecule has 0 bridgehead atoms. The monoisotopic (exact) mass is 246 g/mol. The molecule has 0 aliphatic carbocycles. The predicted octanol–water partition coefficient (Wildman–Crippen LogP) is 2.25. The third-order valence-electron chi connectivity index (χ3n) is 3.36. The van der Waals surface area contributed by atoms with E-state index in [9.17, 15) is 9.18 Å². The molecular weight excluding hydrogens is 231 g/mol. The minimum Gasteiger partial charge on any atom is -0.302 e. The van der Waals surface area contributed by atoms with Gasteiger partial charge >= 0.3 is 0 Å². The van der Waals surface area contributed by atoms with Crippen LogP contribution in [0.2, 0.25) is 0 Å². The van der Waals surface area contributed by atoms with Crippen LogP contribution in [0.3, 0.4) is 0 Å². The second-order valence-electron chi connectivity index (χ2n) is 4.60. The number of benzene rings is 1. The summed E-state index contributed by atoms with van der Waals surface area (Å²) in [7, 11) is 0. The lowest BCUT2D eigenvalue weighted by Crippen LogP contribution is -2.39. The van der Waals surface area contributed by atoms with Crippen molar-refractivity contribution in [3.63, 3.8) is 0 Å². The number of piperidine rings is 1. The molecule has 0 aromatic heterocycles. The third-order valence-corrected chi connectivity index (χ3v) is 3.36. The van der Waals surface area contributed by atoms with Crippen LogP contribution in [0.15, 0.2) is 18.2 Å². The number of likely N-dealkylation sites (tertiary alicyclic amines) is 1. The number of rotatable bonds is 3. The van der Waals surface area contributed by atoms with Gasteiger partial charge in [-0.3, -0.25) is 4.90 Å². The van der Waals surface area contributed by atoms with Crippen molar-refractivity contribution in [2.24, 2.45) is 0 Å². The van der Waals surface area contributed by atoms with E-state index in [1.807, 2.05) is 6.07 Å². The number of halogens is 1. The minimum absolute atomic E-state index is 0.0469. The summed E-state index contributed by atoms with van der Waals surface area (Å²) in [4.78, 5) is 13.1. The van der Waals surface area contributed by atoms with Crippen LogP contribution >= 0.6 is 0 Å². The first-order chi connectivity index (χ1) is 8.74. The second-order valence-corrected chi connectivity index (χ2v) is 4.60. The molecule has 1 fully saturated rings. The zero-order valence-electron chi connectivity index (χ0n) is 10.1. The van der Waals surface area contributed by atoms with Gasteiger partial charge in [-0.05, 0) is 37.1 Å². The largest absolute Gasteiger partial charge is 0.302 e. The van der Waals surface area contributed by atoms with E-state index in [0.717, 1.165) is 37.7 Å². The van der Waals surface area contributed by atoms with Gasteiger partial charge in [0.05, 0.1) is 11.6 Å². The van der Waals surface area contributed by atoms with Crippen LogP contribution in [0.5, 0.6) is 0 Å². The van der Waals surface area contributed by atoms with E-state index in [1.54, 1.807) is 12.1 Å². The Morgan fingerprint density at radius 3 is 3.06 bits per heavy atom. The fourth-order valence-electron chi connectivity index (χ4n) is 2.36. The van der Waals surface area contributed by atoms with Gasteiger partial charge in [0.2, 0.25) is 0 Å². The van der Waals surface area contributed by atoms with Crippen molar-refractivity contribution in [2.45, 2.75) is 31.8 Å². The Hall–Kier alpha value is -1.73. The summed E-state index contributed by atoms with van der Waals surface area (Å²) in [5, 5.41) is 8.79. The Morgan fingerprint density at radius 1 is 1.50 bits per heavy atom. The van der Waals surface area contributed by atoms with E-state index in [4.69, 9.17) is 5.26 Å². The molecule has 1 unspecified atom stereocenters. The summed E-state index contributed by atoms with van der Waals surface area (Å²) in [6.45, 7) is 1.47. The maximum atomic E-state index is 13.2. The number of hydrogen-bond donors (Lipinski definition) is 0. The molecule has 18 heavy (non-hydrogen) atoms. The Labute approximate surface area is 106 Å². The first-order valence-corrected chi connectivity index (χ1v) is 6.12. The van der Waals surface area contributed by atoms with E-state index in [0.29, 0.717) is 6.54 Å². The van der Waals surface area contributed by atoms with Gasteiger partial charge in [-0.1, -0.05) is 12.5 Å². The Morgan fingerprint density at radius 2 is 2.33 bits per heavy atom. The molecule has 1 aliphatic rings. The lowest BCUT2D eigenvalue weighted by Gasteiger charge is -2.32. The van der Waals surface area contributed by atoms with Crippen molar-refractivity contribution in [1.82, 2.24) is 4.90 Å². The molecule has 0 spiro atoms. The van der Waals surface area contributed by atoms with Crippen molar-refractivity contribution in [3.05, 3.63) is 35.1 Å². The van der Waals surface area contributed by atoms with E-state index in [-0.39, 0.29) is 11.6 Å². The van der Waals surface area contributed by atoms with Crippen LogP contribution < -0.4 is 0 Å². The molecule has 2 rings (SSSR count). The SMILES string of the molecule is N#Cc1cc(CN2CCCCC2C=O)ccc1F. The topological polar surface area (TPSA) is 44.1 Å². The van der Waals surface area contributed by atoms with Crippen molar-refractivity contribution in [2.75, 3.05) is 6.54 Å². The van der Waals surface area contributed by atoms with Crippen LogP contribution in [0.25, 0.3) is 0 Å². The number of aldehydes is 1. The number of carbonyl (C=O) groups excluding carboxylic acids is 1. The molecule has 0 N–H and O–H groups in total. The molecule has 1 heterocycles. The van der Waals surface area contributed by atoms with Crippen LogP contribution in [-0.2, 0) is 11.3 Å². The van der Waals surface area contributed by atoms with E-state index in [1.165, 1.54) is 6.07 Å². The fourth-order valence-corrected chi connectivity index (χ4v) is 2.36. The highest BCUT2D eigenvalue weighted by atomic mass is 19.1. The molecular formula is C14H15FN2O. The highest BCUT2D eigenvalue weighted by Gasteiger charge is 2.21. The summed E-state index contributed by atoms with van der Waals surface area (Å²) >= 11 is 0. The zero-order valence-corrected chi connectivity index (χ0v) is 10.1. The first kappa shape index (κ1) is 12.7. The van der Waals surface area contributed by atoms with Gasteiger partial charge in [-0.25, -0.2) is 4.39 Å². The standard InChI is InChI=1S/C14H15FN2O/c15-14-5-4-11(7-12(14)8-16)9-17-6-2-1-3-13(17)10-18/h4-5,7,10,13H,1-3,6,9H2. The number of nitrogens with zero attached hydrogens (tertiary/aromatic N) is 2. The van der Waals surface area contributed by atoms with Gasteiger partial charge < -0.3 is 4.79 Å². The maximum Gasteiger partial charge on any atom is 0.140 e. The average molecular weight is 246 g/mol. The number of nitriles is 1. The van der Waals surface area contributed by atoms with Gasteiger partial charge in [-0.15, -0.1) is 0 Å². The van der Waals surface area contributed by atoms with Crippen molar-refractivity contribution in [1.29, 1.82) is 5.26 Å². The fraction of sp³-hybridized carbons (Fsp3) is 0.429. The first-order valence-electron chi connectivity index (χ1n) is 6.12. The molecule has 0 radical (unpaired) electrons. The Balaban J connectivity index is 2.13. The lowest BCUT2D eigenvalue weighted by atomic mass is 10.0. The highest BCUT2D eigenvalue weighted by molar-refractivity contribution is 5.57. The van der Waals surface area contributed by atoms with Gasteiger partial charge in [0, 0.05) is 6.54 Å². The van der Waals surface area contributed by atoms with Crippen LogP contribution in [0.1, 0.15) is 30.4 Å². The number of hydrogen-bond acceptors (Lipinski definition) is 3. The normalized spacial score (nSPS) is 20.3. The van der Waals surface area contributed by atoms with E-state index in [2.05, 4.69) is 4.90 Å². The van der Waals surface area contributed by atoms with Gasteiger partial charge in [-0.2, -0.15) is 5.26 Å². The summed E-state index contributed by atoms with van der Waals surface area (Å²) in [5.74, 6) is -0.494. The summed E-state index contributed by atoms with van der Waals surface area (Å²) < 4.78 is 13.2. The molecule has 3 nitrogen and oxygen atoms in total. The van der Waals surface area contributed by atoms with Crippen molar-refractivity contribution in [3.8, 4) is 6.07 Å². The van der Waals surface area contributed by atoms with E-state index < -0.39 is 5.82 Å². The molecule has 1 atom stereocenters. The molecule has 1 saturated heterocycles. The smallest absolute Gasteiger partial charge is 0.140 e. The van der Waals surface area contributed by atoms with Gasteiger partial charge in [0.1, 0.15) is 18.2 Å². The van der Waals surface area contributed by atoms with Gasteiger partial charge in [0.15, 0.2) is 0 Å². The van der Waals surface area contributed by atoms with Crippen molar-refractivity contribution < 1.29 is 9.18 Å². The molecule has 94 valence electrons. The van der Waals surface area contributed by atoms with Crippen LogP contribution in [0, 0.1) is 17.1 Å². The molecule has 0 saturated carbocycles. The summed E-state index contributed by atoms with van der Waals surface area (Å²) in [6.07, 6.45) is 4.02. The van der Waals surface area contributed by atoms with E-state index >= 15 is 0 Å². The third kappa shape index (κ3) is 2.74. The Kier molecular flexibility index (Phi) is 4.06. The van der Waals surface area contributed by atoms with Crippen LogP contribution in [-0.4, -0.2) is 23.8 Å². The molecule has 4 heteroatoms. The summed E-state index contributed by atoms with van der Waals surface area (Å²) in [5.41, 5.74) is 0.939. The quantitative estimate of drug-likeness (QED) is 0.768. The predicted molar refractivity (Wildman–Crippen MR) is 65.2 cm³/mol. The van der Waals surface area contributed by atoms with Crippen molar-refractivity contribution >= 4 is 6.29 Å². The Bertz CT molecular complexity index is 481. The molecule has 1 aliphatic heterocycles. The van der Waals surface area contributed by atoms with Gasteiger partial charge in [0.25, 0.3) is 0 Å². The number of carbonyl (C=O) groups is 1. The molecule has 0 amide bonds. The highest BCUT2D eigenvalue weighted by Crippen LogP contribution is 2.19. The molecule has 1 aromatic rings. The summed E-state index contributed by atoms with van der Waals surface area (Å²) in [6, 6.07) is 6.34. The zero-order chi connectivity index (χ0) is 13.0. The maximum absolute atomic E-state index is 13.2. The second kappa shape index (κ2) is 5.74. The minimum atomic E-state index is -0.494. The average Bonchev–Trinajstić information content (AvgIpc) is 2.41.